The highest BCUT2D eigenvalue weighted by molar-refractivity contribution is 4.82. The van der Waals surface area contributed by atoms with Gasteiger partial charge in [0.15, 0.2) is 0 Å². The predicted molar refractivity (Wildman–Crippen MR) is 57.9 cm³/mol. The zero-order valence-electron chi connectivity index (χ0n) is 9.51. The monoisotopic (exact) mass is 184 g/mol. The summed E-state index contributed by atoms with van der Waals surface area (Å²) in [6.07, 6.45) is 1.38. The molecule has 1 rings (SSSR count). The molecule has 1 aliphatic heterocycles. The standard InChI is InChI=1S/C11H24N2/c1-9(2)11(7-12-4)13-6-5-10(3)8-13/h9-12H,5-8H2,1-4H3. The van der Waals surface area contributed by atoms with Gasteiger partial charge in [-0.05, 0) is 31.8 Å². The number of hydrogen-bond donors (Lipinski definition) is 1. The van der Waals surface area contributed by atoms with Gasteiger partial charge >= 0.3 is 0 Å². The van der Waals surface area contributed by atoms with Crippen LogP contribution < -0.4 is 5.32 Å². The third-order valence-electron chi connectivity index (χ3n) is 3.11. The van der Waals surface area contributed by atoms with Crippen LogP contribution >= 0.6 is 0 Å². The highest BCUT2D eigenvalue weighted by atomic mass is 15.2. The van der Waals surface area contributed by atoms with E-state index in [0.717, 1.165) is 24.4 Å². The maximum absolute atomic E-state index is 3.30. The lowest BCUT2D eigenvalue weighted by atomic mass is 10.0. The third-order valence-corrected chi connectivity index (χ3v) is 3.11. The molecular weight excluding hydrogens is 160 g/mol. The van der Waals surface area contributed by atoms with Crippen LogP contribution in [0.4, 0.5) is 0 Å². The Morgan fingerprint density at radius 1 is 1.46 bits per heavy atom. The van der Waals surface area contributed by atoms with Crippen molar-refractivity contribution in [2.45, 2.75) is 33.2 Å². The first-order valence-electron chi connectivity index (χ1n) is 5.53. The topological polar surface area (TPSA) is 15.3 Å². The first kappa shape index (κ1) is 11.0. The van der Waals surface area contributed by atoms with Crippen LogP contribution in [-0.2, 0) is 0 Å². The predicted octanol–water partition coefficient (Wildman–Crippen LogP) is 1.57. The molecule has 1 heterocycles. The highest BCUT2D eigenvalue weighted by Crippen LogP contribution is 2.21. The Bertz CT molecular complexity index is 145. The summed E-state index contributed by atoms with van der Waals surface area (Å²) in [7, 11) is 2.05. The third kappa shape index (κ3) is 2.96. The smallest absolute Gasteiger partial charge is 0.0243 e. The lowest BCUT2D eigenvalue weighted by molar-refractivity contribution is 0.184. The Morgan fingerprint density at radius 3 is 2.54 bits per heavy atom. The van der Waals surface area contributed by atoms with Gasteiger partial charge < -0.3 is 5.32 Å². The molecule has 0 aromatic carbocycles. The zero-order valence-corrected chi connectivity index (χ0v) is 9.51. The van der Waals surface area contributed by atoms with Crippen molar-refractivity contribution in [3.8, 4) is 0 Å². The molecule has 1 saturated heterocycles. The van der Waals surface area contributed by atoms with Crippen LogP contribution in [0.5, 0.6) is 0 Å². The Labute approximate surface area is 82.7 Å². The van der Waals surface area contributed by atoms with E-state index in [1.807, 2.05) is 0 Å². The normalized spacial score (nSPS) is 27.0. The molecule has 0 spiro atoms. The number of likely N-dealkylation sites (tertiary alicyclic amines) is 1. The number of nitrogens with one attached hydrogen (secondary N) is 1. The Kier molecular flexibility index (Phi) is 4.20. The SMILES string of the molecule is CNCC(C(C)C)N1CCC(C)C1. The molecule has 0 radical (unpaired) electrons. The number of likely N-dealkylation sites (N-methyl/N-ethyl adjacent to an activating group) is 1. The quantitative estimate of drug-likeness (QED) is 0.713. The molecule has 0 bridgehead atoms. The molecule has 0 aromatic heterocycles. The molecule has 1 aliphatic rings. The molecule has 0 amide bonds. The summed E-state index contributed by atoms with van der Waals surface area (Å²) in [5, 5.41) is 3.30. The van der Waals surface area contributed by atoms with Crippen LogP contribution in [0.15, 0.2) is 0 Å². The van der Waals surface area contributed by atoms with Crippen LogP contribution in [0.25, 0.3) is 0 Å². The largest absolute Gasteiger partial charge is 0.318 e. The van der Waals surface area contributed by atoms with Crippen LogP contribution in [0.1, 0.15) is 27.2 Å². The van der Waals surface area contributed by atoms with E-state index in [4.69, 9.17) is 0 Å². The lowest BCUT2D eigenvalue weighted by Crippen LogP contribution is -2.43. The number of hydrogen-bond acceptors (Lipinski definition) is 2. The van der Waals surface area contributed by atoms with E-state index in [0.29, 0.717) is 0 Å². The van der Waals surface area contributed by atoms with Crippen molar-refractivity contribution >= 4 is 0 Å². The van der Waals surface area contributed by atoms with E-state index in [1.165, 1.54) is 19.5 Å². The van der Waals surface area contributed by atoms with Crippen molar-refractivity contribution in [2.24, 2.45) is 11.8 Å². The fourth-order valence-electron chi connectivity index (χ4n) is 2.27. The molecule has 0 aromatic rings. The van der Waals surface area contributed by atoms with Gasteiger partial charge in [0.25, 0.3) is 0 Å². The van der Waals surface area contributed by atoms with Gasteiger partial charge in [-0.2, -0.15) is 0 Å². The van der Waals surface area contributed by atoms with Gasteiger partial charge in [-0.25, -0.2) is 0 Å². The lowest BCUT2D eigenvalue weighted by Gasteiger charge is -2.30. The van der Waals surface area contributed by atoms with Crippen molar-refractivity contribution in [2.75, 3.05) is 26.7 Å². The van der Waals surface area contributed by atoms with Gasteiger partial charge in [-0.1, -0.05) is 20.8 Å². The van der Waals surface area contributed by atoms with E-state index >= 15 is 0 Å². The van der Waals surface area contributed by atoms with Gasteiger partial charge in [0.1, 0.15) is 0 Å². The average Bonchev–Trinajstić information content (AvgIpc) is 2.46. The second-order valence-corrected chi connectivity index (χ2v) is 4.76. The summed E-state index contributed by atoms with van der Waals surface area (Å²) in [5.41, 5.74) is 0. The van der Waals surface area contributed by atoms with Crippen LogP contribution in [-0.4, -0.2) is 37.6 Å². The fraction of sp³-hybridized carbons (Fsp3) is 1.00. The van der Waals surface area contributed by atoms with E-state index < -0.39 is 0 Å². The second-order valence-electron chi connectivity index (χ2n) is 4.76. The summed E-state index contributed by atoms with van der Waals surface area (Å²) < 4.78 is 0. The molecule has 78 valence electrons. The minimum absolute atomic E-state index is 0.731. The second kappa shape index (κ2) is 4.97. The summed E-state index contributed by atoms with van der Waals surface area (Å²) in [6, 6.07) is 0.731. The Morgan fingerprint density at radius 2 is 2.15 bits per heavy atom. The summed E-state index contributed by atoms with van der Waals surface area (Å²) in [6.45, 7) is 10.7. The molecular formula is C11H24N2. The maximum Gasteiger partial charge on any atom is 0.0243 e. The van der Waals surface area contributed by atoms with Gasteiger partial charge in [-0.3, -0.25) is 4.90 Å². The zero-order chi connectivity index (χ0) is 9.84. The van der Waals surface area contributed by atoms with Gasteiger partial charge in [0.05, 0.1) is 0 Å². The number of nitrogens with zero attached hydrogens (tertiary/aromatic N) is 1. The molecule has 0 saturated carbocycles. The first-order chi connectivity index (χ1) is 6.15. The summed E-state index contributed by atoms with van der Waals surface area (Å²) in [4.78, 5) is 2.64. The van der Waals surface area contributed by atoms with Gasteiger partial charge in [-0.15, -0.1) is 0 Å². The molecule has 1 N–H and O–H groups in total. The van der Waals surface area contributed by atoms with Crippen molar-refractivity contribution in [3.63, 3.8) is 0 Å². The maximum atomic E-state index is 3.30. The first-order valence-corrected chi connectivity index (χ1v) is 5.53. The molecule has 2 atom stereocenters. The number of rotatable bonds is 4. The van der Waals surface area contributed by atoms with Crippen LogP contribution in [0.2, 0.25) is 0 Å². The van der Waals surface area contributed by atoms with Crippen molar-refractivity contribution < 1.29 is 0 Å². The van der Waals surface area contributed by atoms with Crippen molar-refractivity contribution in [3.05, 3.63) is 0 Å². The van der Waals surface area contributed by atoms with E-state index in [9.17, 15) is 0 Å². The van der Waals surface area contributed by atoms with E-state index in [2.05, 4.69) is 38.0 Å². The summed E-state index contributed by atoms with van der Waals surface area (Å²) in [5.74, 6) is 1.66. The fourth-order valence-corrected chi connectivity index (χ4v) is 2.27. The van der Waals surface area contributed by atoms with Crippen LogP contribution in [0, 0.1) is 11.8 Å². The minimum Gasteiger partial charge on any atom is -0.318 e. The van der Waals surface area contributed by atoms with Crippen molar-refractivity contribution in [1.82, 2.24) is 10.2 Å². The Hall–Kier alpha value is -0.0800. The highest BCUT2D eigenvalue weighted by Gasteiger charge is 2.26. The van der Waals surface area contributed by atoms with Crippen molar-refractivity contribution in [1.29, 1.82) is 0 Å². The molecule has 2 unspecified atom stereocenters. The van der Waals surface area contributed by atoms with Gasteiger partial charge in [0.2, 0.25) is 0 Å². The Balaban J connectivity index is 2.44. The molecule has 2 nitrogen and oxygen atoms in total. The minimum atomic E-state index is 0.731. The molecule has 1 fully saturated rings. The average molecular weight is 184 g/mol. The van der Waals surface area contributed by atoms with E-state index in [-0.39, 0.29) is 0 Å². The molecule has 13 heavy (non-hydrogen) atoms. The van der Waals surface area contributed by atoms with Crippen LogP contribution in [0.3, 0.4) is 0 Å². The molecule has 0 aliphatic carbocycles. The van der Waals surface area contributed by atoms with Gasteiger partial charge in [0, 0.05) is 19.1 Å². The molecule has 2 heteroatoms. The summed E-state index contributed by atoms with van der Waals surface area (Å²) >= 11 is 0. The van der Waals surface area contributed by atoms with E-state index in [1.54, 1.807) is 0 Å².